The van der Waals surface area contributed by atoms with Crippen LogP contribution in [0.4, 0.5) is 0 Å². The van der Waals surface area contributed by atoms with Crippen LogP contribution in [0.25, 0.3) is 10.9 Å². The van der Waals surface area contributed by atoms with Gasteiger partial charge in [0.05, 0.1) is 12.5 Å². The first kappa shape index (κ1) is 30.2. The number of nitrogens with two attached hydrogens (primary N) is 1. The Labute approximate surface area is 235 Å². The first-order chi connectivity index (χ1) is 19.1. The van der Waals surface area contributed by atoms with Crippen LogP contribution in [-0.2, 0) is 36.8 Å². The maximum absolute atomic E-state index is 12.9. The fourth-order valence-electron chi connectivity index (χ4n) is 4.08. The van der Waals surface area contributed by atoms with Crippen LogP contribution in [0.5, 0.6) is 0 Å². The molecule has 3 amide bonds. The minimum Gasteiger partial charge on any atom is -0.481 e. The number of carbonyl (C=O) groups is 5. The van der Waals surface area contributed by atoms with Crippen LogP contribution in [0.15, 0.2) is 60.8 Å². The molecule has 0 fully saturated rings. The molecule has 3 aromatic rings. The van der Waals surface area contributed by atoms with Crippen molar-refractivity contribution in [2.75, 3.05) is 5.75 Å². The van der Waals surface area contributed by atoms with Crippen molar-refractivity contribution in [3.63, 3.8) is 0 Å². The van der Waals surface area contributed by atoms with Gasteiger partial charge < -0.3 is 36.9 Å². The fourth-order valence-corrected chi connectivity index (χ4v) is 4.34. The summed E-state index contributed by atoms with van der Waals surface area (Å²) < 4.78 is 0. The summed E-state index contributed by atoms with van der Waals surface area (Å²) in [6, 6.07) is 10.8. The molecule has 0 aliphatic carbocycles. The van der Waals surface area contributed by atoms with Crippen LogP contribution in [-0.4, -0.2) is 74.8 Å². The third-order valence-corrected chi connectivity index (χ3v) is 6.54. The summed E-state index contributed by atoms with van der Waals surface area (Å²) in [7, 11) is 0. The Balaban J connectivity index is 1.64. The zero-order valence-electron chi connectivity index (χ0n) is 21.4. The number of aromatic amines is 1. The van der Waals surface area contributed by atoms with Crippen molar-refractivity contribution in [3.05, 3.63) is 71.9 Å². The average Bonchev–Trinajstić information content (AvgIpc) is 3.33. The highest BCUT2D eigenvalue weighted by molar-refractivity contribution is 7.80. The number of thiol groups is 1. The van der Waals surface area contributed by atoms with Gasteiger partial charge in [0, 0.05) is 29.3 Å². The Morgan fingerprint density at radius 1 is 0.800 bits per heavy atom. The smallest absolute Gasteiger partial charge is 0.326 e. The van der Waals surface area contributed by atoms with Gasteiger partial charge in [0.25, 0.3) is 0 Å². The number of carbonyl (C=O) groups excluding carboxylic acids is 3. The number of benzene rings is 2. The van der Waals surface area contributed by atoms with E-state index in [0.717, 1.165) is 16.5 Å². The quantitative estimate of drug-likeness (QED) is 0.126. The maximum atomic E-state index is 12.9. The molecule has 1 heterocycles. The first-order valence-electron chi connectivity index (χ1n) is 12.4. The van der Waals surface area contributed by atoms with Crippen molar-refractivity contribution in [2.24, 2.45) is 5.73 Å². The summed E-state index contributed by atoms with van der Waals surface area (Å²) in [5.74, 6) is -5.41. The molecule has 212 valence electrons. The molecule has 0 bridgehead atoms. The molecule has 8 N–H and O–H groups in total. The van der Waals surface area contributed by atoms with Gasteiger partial charge >= 0.3 is 11.9 Å². The lowest BCUT2D eigenvalue weighted by atomic mass is 10.0. The molecule has 0 saturated heterocycles. The van der Waals surface area contributed by atoms with Crippen molar-refractivity contribution in [1.29, 1.82) is 0 Å². The SMILES string of the molecule is NC(Cc1c[nH]c2ccccc12)C(=O)NC(CC(=O)O)C(=O)NC(CS)C(=O)NC(Cc1ccccc1)C(=O)O. The van der Waals surface area contributed by atoms with Crippen molar-refractivity contribution in [2.45, 2.75) is 43.4 Å². The van der Waals surface area contributed by atoms with E-state index < -0.39 is 60.2 Å². The molecular formula is C27H31N5O7S. The van der Waals surface area contributed by atoms with Crippen LogP contribution >= 0.6 is 12.6 Å². The largest absolute Gasteiger partial charge is 0.481 e. The predicted molar refractivity (Wildman–Crippen MR) is 150 cm³/mol. The van der Waals surface area contributed by atoms with E-state index in [1.807, 2.05) is 24.3 Å². The molecule has 12 nitrogen and oxygen atoms in total. The second kappa shape index (κ2) is 14.1. The van der Waals surface area contributed by atoms with Crippen LogP contribution in [0.3, 0.4) is 0 Å². The Morgan fingerprint density at radius 3 is 2.05 bits per heavy atom. The zero-order chi connectivity index (χ0) is 29.2. The van der Waals surface area contributed by atoms with E-state index in [-0.39, 0.29) is 18.6 Å². The third-order valence-electron chi connectivity index (χ3n) is 6.18. The number of hydrogen-bond acceptors (Lipinski definition) is 7. The van der Waals surface area contributed by atoms with Gasteiger partial charge in [0.1, 0.15) is 18.1 Å². The summed E-state index contributed by atoms with van der Waals surface area (Å²) >= 11 is 4.07. The molecule has 4 atom stereocenters. The van der Waals surface area contributed by atoms with Gasteiger partial charge in [-0.05, 0) is 23.6 Å². The number of nitrogens with one attached hydrogen (secondary N) is 4. The highest BCUT2D eigenvalue weighted by Crippen LogP contribution is 2.18. The standard InChI is InChI=1S/C27H31N5O7S/c28-18(11-16-13-29-19-9-5-4-8-17(16)19)24(35)30-20(12-23(33)34)25(36)32-22(14-40)26(37)31-21(27(38)39)10-15-6-2-1-3-7-15/h1-9,13,18,20-22,29,40H,10-12,14,28H2,(H,30,35)(H,31,37)(H,32,36)(H,33,34)(H,38,39). The van der Waals surface area contributed by atoms with Crippen molar-refractivity contribution >= 4 is 53.2 Å². The molecule has 0 aliphatic rings. The van der Waals surface area contributed by atoms with Crippen LogP contribution in [0.1, 0.15) is 17.5 Å². The molecule has 1 aromatic heterocycles. The Hall–Kier alpha value is -4.36. The molecule has 0 spiro atoms. The van der Waals surface area contributed by atoms with Gasteiger partial charge in [-0.25, -0.2) is 4.79 Å². The van der Waals surface area contributed by atoms with Crippen LogP contribution < -0.4 is 21.7 Å². The monoisotopic (exact) mass is 569 g/mol. The highest BCUT2D eigenvalue weighted by Gasteiger charge is 2.31. The predicted octanol–water partition coefficient (Wildman–Crippen LogP) is 0.224. The number of rotatable bonds is 14. The lowest BCUT2D eigenvalue weighted by Gasteiger charge is -2.24. The molecule has 0 radical (unpaired) electrons. The summed E-state index contributed by atoms with van der Waals surface area (Å²) in [6.45, 7) is 0. The summed E-state index contributed by atoms with van der Waals surface area (Å²) in [4.78, 5) is 64.8. The number of para-hydroxylation sites is 1. The van der Waals surface area contributed by atoms with Gasteiger partial charge in [-0.1, -0.05) is 48.5 Å². The Bertz CT molecular complexity index is 1360. The van der Waals surface area contributed by atoms with E-state index in [2.05, 4.69) is 33.6 Å². The number of aromatic nitrogens is 1. The number of amides is 3. The van der Waals surface area contributed by atoms with Crippen molar-refractivity contribution in [3.8, 4) is 0 Å². The average molecular weight is 570 g/mol. The van der Waals surface area contributed by atoms with Gasteiger partial charge in [-0.15, -0.1) is 0 Å². The summed E-state index contributed by atoms with van der Waals surface area (Å²) in [6.07, 6.45) is 1.07. The topological polar surface area (TPSA) is 204 Å². The van der Waals surface area contributed by atoms with Crippen molar-refractivity contribution in [1.82, 2.24) is 20.9 Å². The zero-order valence-corrected chi connectivity index (χ0v) is 22.3. The molecule has 0 saturated carbocycles. The number of hydrogen-bond donors (Lipinski definition) is 8. The van der Waals surface area contributed by atoms with Gasteiger partial charge in [0.2, 0.25) is 17.7 Å². The number of H-pyrrole nitrogens is 1. The van der Waals surface area contributed by atoms with Crippen LogP contribution in [0.2, 0.25) is 0 Å². The van der Waals surface area contributed by atoms with E-state index in [0.29, 0.717) is 5.56 Å². The molecular weight excluding hydrogens is 538 g/mol. The van der Waals surface area contributed by atoms with E-state index >= 15 is 0 Å². The van der Waals surface area contributed by atoms with Gasteiger partial charge in [-0.2, -0.15) is 12.6 Å². The summed E-state index contributed by atoms with van der Waals surface area (Å²) in [5, 5.41) is 26.8. The Morgan fingerprint density at radius 2 is 1.40 bits per heavy atom. The second-order valence-electron chi connectivity index (χ2n) is 9.16. The van der Waals surface area contributed by atoms with Gasteiger partial charge in [0.15, 0.2) is 0 Å². The maximum Gasteiger partial charge on any atom is 0.326 e. The minimum atomic E-state index is -1.55. The first-order valence-corrected chi connectivity index (χ1v) is 13.0. The van der Waals surface area contributed by atoms with Gasteiger partial charge in [-0.3, -0.25) is 19.2 Å². The number of aliphatic carboxylic acids is 2. The lowest BCUT2D eigenvalue weighted by molar-refractivity contribution is -0.143. The number of carboxylic acid groups (broad SMARTS) is 2. The third kappa shape index (κ3) is 8.32. The van der Waals surface area contributed by atoms with E-state index in [4.69, 9.17) is 5.73 Å². The van der Waals surface area contributed by atoms with E-state index in [1.165, 1.54) is 0 Å². The molecule has 13 heteroatoms. The van der Waals surface area contributed by atoms with Crippen molar-refractivity contribution < 1.29 is 34.2 Å². The fraction of sp³-hybridized carbons (Fsp3) is 0.296. The molecule has 4 unspecified atom stereocenters. The minimum absolute atomic E-state index is 0.00116. The number of carboxylic acids is 2. The second-order valence-corrected chi connectivity index (χ2v) is 9.53. The van der Waals surface area contributed by atoms with E-state index in [9.17, 15) is 34.2 Å². The number of fused-ring (bicyclic) bond motifs is 1. The van der Waals surface area contributed by atoms with E-state index in [1.54, 1.807) is 36.5 Å². The molecule has 0 aliphatic heterocycles. The molecule has 3 rings (SSSR count). The molecule has 2 aromatic carbocycles. The summed E-state index contributed by atoms with van der Waals surface area (Å²) in [5.41, 5.74) is 8.37. The molecule has 40 heavy (non-hydrogen) atoms. The van der Waals surface area contributed by atoms with Crippen LogP contribution in [0, 0.1) is 0 Å². The lowest BCUT2D eigenvalue weighted by Crippen LogP contribution is -2.58. The highest BCUT2D eigenvalue weighted by atomic mass is 32.1. The Kier molecular flexibility index (Phi) is 10.7. The normalized spacial score (nSPS) is 13.9.